The second kappa shape index (κ2) is 7.72. The van der Waals surface area contributed by atoms with Gasteiger partial charge in [-0.3, -0.25) is 14.5 Å². The first kappa shape index (κ1) is 19.7. The molecule has 25 heavy (non-hydrogen) atoms. The van der Waals surface area contributed by atoms with E-state index < -0.39 is 16.1 Å². The van der Waals surface area contributed by atoms with Crippen LogP contribution in [0.2, 0.25) is 0 Å². The predicted octanol–water partition coefficient (Wildman–Crippen LogP) is 0.921. The van der Waals surface area contributed by atoms with Crippen molar-refractivity contribution in [1.82, 2.24) is 10.0 Å². The number of nitrogens with one attached hydrogen (secondary N) is 2. The van der Waals surface area contributed by atoms with Crippen molar-refractivity contribution in [3.8, 4) is 0 Å². The number of benzene rings is 1. The molecule has 1 heterocycles. The number of aliphatic imine (C=N–C) groups is 1. The Kier molecular flexibility index (Phi) is 6.08. The van der Waals surface area contributed by atoms with Crippen LogP contribution in [0, 0.1) is 0 Å². The first-order valence-electron chi connectivity index (χ1n) is 8.13. The molecule has 2 aliphatic rings. The van der Waals surface area contributed by atoms with Crippen molar-refractivity contribution in [3.05, 3.63) is 29.8 Å². The van der Waals surface area contributed by atoms with E-state index in [0.29, 0.717) is 5.56 Å². The lowest BCUT2D eigenvalue weighted by atomic mass is 9.92. The molecule has 1 aromatic carbocycles. The highest BCUT2D eigenvalue weighted by molar-refractivity contribution is 7.90. The highest BCUT2D eigenvalue weighted by Gasteiger charge is 2.31. The number of hydrogen-bond acceptors (Lipinski definition) is 5. The Bertz CT molecular complexity index is 773. The largest absolute Gasteiger partial charge is 0.352 e. The molecule has 1 aromatic rings. The normalized spacial score (nSPS) is 26.9. The lowest BCUT2D eigenvalue weighted by Crippen LogP contribution is -2.44. The molecule has 0 aromatic heterocycles. The lowest BCUT2D eigenvalue weighted by Gasteiger charge is -2.27. The summed E-state index contributed by atoms with van der Waals surface area (Å²) in [6.45, 7) is 1.66. The van der Waals surface area contributed by atoms with Crippen LogP contribution in [0.25, 0.3) is 0 Å². The standard InChI is InChI=1S/C16H22N4O3S.ClH/c1-10(16(21)19-12-8-6-11(17)7-9-12)18-15-13-4-2-3-5-14(13)24(22,23)20-15;/h2-5,10-12H,6-9,17H2,1H3,(H,18,20)(H,19,21);1H. The van der Waals surface area contributed by atoms with Gasteiger partial charge in [0.15, 0.2) is 0 Å². The molecule has 0 spiro atoms. The van der Waals surface area contributed by atoms with Gasteiger partial charge in [0.05, 0.1) is 4.90 Å². The molecule has 1 aliphatic heterocycles. The number of halogens is 1. The molecule has 0 saturated heterocycles. The Balaban J connectivity index is 0.00000225. The molecule has 1 amide bonds. The van der Waals surface area contributed by atoms with E-state index in [9.17, 15) is 13.2 Å². The SMILES string of the molecule is CC(N=C1NS(=O)(=O)c2ccccc21)C(=O)NC1CCC(N)CC1.Cl. The fraction of sp³-hybridized carbons (Fsp3) is 0.500. The fourth-order valence-electron chi connectivity index (χ4n) is 3.07. The third-order valence-corrected chi connectivity index (χ3v) is 5.88. The summed E-state index contributed by atoms with van der Waals surface area (Å²) in [5.41, 5.74) is 6.37. The van der Waals surface area contributed by atoms with Gasteiger partial charge in [0, 0.05) is 17.6 Å². The maximum Gasteiger partial charge on any atom is 0.263 e. The highest BCUT2D eigenvalue weighted by atomic mass is 35.5. The third kappa shape index (κ3) is 4.31. The summed E-state index contributed by atoms with van der Waals surface area (Å²) in [6, 6.07) is 6.27. The van der Waals surface area contributed by atoms with E-state index in [2.05, 4.69) is 15.0 Å². The topological polar surface area (TPSA) is 114 Å². The molecule has 1 fully saturated rings. The molecule has 0 bridgehead atoms. The van der Waals surface area contributed by atoms with Crippen molar-refractivity contribution >= 4 is 34.2 Å². The average Bonchev–Trinajstić information content (AvgIpc) is 2.81. The molecule has 1 atom stereocenters. The first-order chi connectivity index (χ1) is 11.4. The monoisotopic (exact) mass is 386 g/mol. The molecule has 7 nitrogen and oxygen atoms in total. The molecule has 1 saturated carbocycles. The number of amidine groups is 1. The van der Waals surface area contributed by atoms with Crippen LogP contribution in [0.15, 0.2) is 34.2 Å². The Labute approximate surface area is 153 Å². The zero-order valence-corrected chi connectivity index (χ0v) is 15.6. The van der Waals surface area contributed by atoms with Crippen LogP contribution in [0.4, 0.5) is 0 Å². The number of hydrogen-bond donors (Lipinski definition) is 3. The molecule has 1 unspecified atom stereocenters. The van der Waals surface area contributed by atoms with Crippen LogP contribution in [0.5, 0.6) is 0 Å². The van der Waals surface area contributed by atoms with Crippen LogP contribution in [0.3, 0.4) is 0 Å². The quantitative estimate of drug-likeness (QED) is 0.716. The van der Waals surface area contributed by atoms with Gasteiger partial charge >= 0.3 is 0 Å². The molecule has 0 radical (unpaired) electrons. The molecule has 4 N–H and O–H groups in total. The van der Waals surface area contributed by atoms with Gasteiger partial charge in [-0.2, -0.15) is 0 Å². The van der Waals surface area contributed by atoms with Gasteiger partial charge < -0.3 is 11.1 Å². The second-order valence-corrected chi connectivity index (χ2v) is 8.03. The van der Waals surface area contributed by atoms with Gasteiger partial charge in [0.1, 0.15) is 11.9 Å². The van der Waals surface area contributed by atoms with Gasteiger partial charge in [0.2, 0.25) is 5.91 Å². The fourth-order valence-corrected chi connectivity index (χ4v) is 4.31. The number of sulfonamides is 1. The zero-order chi connectivity index (χ0) is 17.3. The van der Waals surface area contributed by atoms with Crippen LogP contribution in [0.1, 0.15) is 38.2 Å². The number of amides is 1. The summed E-state index contributed by atoms with van der Waals surface area (Å²) in [7, 11) is -3.59. The number of rotatable bonds is 3. The summed E-state index contributed by atoms with van der Waals surface area (Å²) in [5.74, 6) is 0.0190. The van der Waals surface area contributed by atoms with Crippen molar-refractivity contribution in [2.24, 2.45) is 10.7 Å². The Morgan fingerprint density at radius 1 is 1.28 bits per heavy atom. The van der Waals surface area contributed by atoms with Gasteiger partial charge in [-0.1, -0.05) is 12.1 Å². The van der Waals surface area contributed by atoms with Crippen molar-refractivity contribution in [1.29, 1.82) is 0 Å². The summed E-state index contributed by atoms with van der Waals surface area (Å²) in [5, 5.41) is 2.98. The van der Waals surface area contributed by atoms with Gasteiger partial charge in [0.25, 0.3) is 10.0 Å². The van der Waals surface area contributed by atoms with Crippen LogP contribution in [-0.2, 0) is 14.8 Å². The molecule has 9 heteroatoms. The maximum atomic E-state index is 12.3. The summed E-state index contributed by atoms with van der Waals surface area (Å²) < 4.78 is 26.5. The van der Waals surface area contributed by atoms with Crippen LogP contribution >= 0.6 is 12.4 Å². The van der Waals surface area contributed by atoms with Crippen molar-refractivity contribution < 1.29 is 13.2 Å². The predicted molar refractivity (Wildman–Crippen MR) is 98.4 cm³/mol. The van der Waals surface area contributed by atoms with Crippen LogP contribution < -0.4 is 15.8 Å². The van der Waals surface area contributed by atoms with Crippen molar-refractivity contribution in [3.63, 3.8) is 0 Å². The second-order valence-electron chi connectivity index (χ2n) is 6.38. The molecular weight excluding hydrogens is 364 g/mol. The maximum absolute atomic E-state index is 12.3. The van der Waals surface area contributed by atoms with E-state index in [1.807, 2.05) is 0 Å². The number of nitrogens with zero attached hydrogens (tertiary/aromatic N) is 1. The van der Waals surface area contributed by atoms with E-state index in [1.54, 1.807) is 25.1 Å². The van der Waals surface area contributed by atoms with Gasteiger partial charge in [-0.15, -0.1) is 12.4 Å². The number of fused-ring (bicyclic) bond motifs is 1. The summed E-state index contributed by atoms with van der Waals surface area (Å²) in [4.78, 5) is 16.8. The highest BCUT2D eigenvalue weighted by Crippen LogP contribution is 2.22. The molecular formula is C16H23ClN4O3S. The Morgan fingerprint density at radius 2 is 1.92 bits per heavy atom. The minimum absolute atomic E-state index is 0. The molecule has 1 aliphatic carbocycles. The number of carbonyl (C=O) groups is 1. The van der Waals surface area contributed by atoms with Crippen molar-refractivity contribution in [2.45, 2.75) is 55.6 Å². The summed E-state index contributed by atoms with van der Waals surface area (Å²) in [6.07, 6.45) is 3.54. The number of carbonyl (C=O) groups excluding carboxylic acids is 1. The lowest BCUT2D eigenvalue weighted by molar-refractivity contribution is -0.122. The average molecular weight is 387 g/mol. The zero-order valence-electron chi connectivity index (χ0n) is 13.9. The van der Waals surface area contributed by atoms with E-state index >= 15 is 0 Å². The number of nitrogens with two attached hydrogens (primary N) is 1. The first-order valence-corrected chi connectivity index (χ1v) is 9.61. The summed E-state index contributed by atoms with van der Waals surface area (Å²) >= 11 is 0. The van der Waals surface area contributed by atoms with E-state index in [4.69, 9.17) is 5.73 Å². The van der Waals surface area contributed by atoms with Gasteiger partial charge in [-0.05, 0) is 44.7 Å². The van der Waals surface area contributed by atoms with Gasteiger partial charge in [-0.25, -0.2) is 8.42 Å². The molecule has 138 valence electrons. The van der Waals surface area contributed by atoms with Crippen LogP contribution in [-0.4, -0.2) is 38.3 Å². The van der Waals surface area contributed by atoms with E-state index in [0.717, 1.165) is 25.7 Å². The van der Waals surface area contributed by atoms with E-state index in [-0.39, 0.29) is 41.1 Å². The minimum Gasteiger partial charge on any atom is -0.352 e. The molecule has 3 rings (SSSR count). The van der Waals surface area contributed by atoms with Crippen molar-refractivity contribution in [2.75, 3.05) is 0 Å². The minimum atomic E-state index is -3.59. The third-order valence-electron chi connectivity index (χ3n) is 4.48. The smallest absolute Gasteiger partial charge is 0.263 e. The Morgan fingerprint density at radius 3 is 2.60 bits per heavy atom. The van der Waals surface area contributed by atoms with E-state index in [1.165, 1.54) is 6.07 Å². The Hall–Kier alpha value is -1.64.